The normalized spacial score (nSPS) is 20.3. The van der Waals surface area contributed by atoms with Crippen LogP contribution in [0.1, 0.15) is 13.3 Å². The number of halogens is 1. The topological polar surface area (TPSA) is 32.3 Å². The molecule has 0 radical (unpaired) electrons. The minimum atomic E-state index is -0.0493. The van der Waals surface area contributed by atoms with Crippen LogP contribution in [0.15, 0.2) is 33.6 Å². The number of amides is 1. The Morgan fingerprint density at radius 2 is 2.16 bits per heavy atom. The molecule has 104 valence electrons. The van der Waals surface area contributed by atoms with Crippen LogP contribution < -0.4 is 5.32 Å². The van der Waals surface area contributed by atoms with Gasteiger partial charge in [-0.2, -0.15) is 0 Å². The number of rotatable bonds is 4. The molecule has 2 rings (SSSR count). The lowest BCUT2D eigenvalue weighted by molar-refractivity contribution is -0.130. The van der Waals surface area contributed by atoms with Crippen molar-refractivity contribution in [1.82, 2.24) is 10.2 Å². The number of nitrogens with zero attached hydrogens (tertiary/aromatic N) is 1. The Hall–Kier alpha value is -0.520. The highest BCUT2D eigenvalue weighted by atomic mass is 79.9. The molecule has 1 N–H and O–H groups in total. The highest BCUT2D eigenvalue weighted by Gasteiger charge is 2.26. The van der Waals surface area contributed by atoms with Crippen molar-refractivity contribution in [3.8, 4) is 0 Å². The van der Waals surface area contributed by atoms with E-state index in [1.807, 2.05) is 43.1 Å². The van der Waals surface area contributed by atoms with Crippen molar-refractivity contribution in [3.05, 3.63) is 28.7 Å². The van der Waals surface area contributed by atoms with Crippen LogP contribution in [0.5, 0.6) is 0 Å². The van der Waals surface area contributed by atoms with E-state index in [4.69, 9.17) is 0 Å². The van der Waals surface area contributed by atoms with Gasteiger partial charge in [0.25, 0.3) is 0 Å². The molecule has 0 aromatic heterocycles. The summed E-state index contributed by atoms with van der Waals surface area (Å²) in [6.45, 7) is 3.91. The molecule has 1 aliphatic rings. The highest BCUT2D eigenvalue weighted by Crippen LogP contribution is 2.26. The molecule has 0 spiro atoms. The Kier molecular flexibility index (Phi) is 5.30. The molecule has 1 heterocycles. The van der Waals surface area contributed by atoms with E-state index in [1.165, 1.54) is 0 Å². The summed E-state index contributed by atoms with van der Waals surface area (Å²) in [4.78, 5) is 15.4. The number of carbonyl (C=O) groups is 1. The molecule has 0 bridgehead atoms. The summed E-state index contributed by atoms with van der Waals surface area (Å²) in [6.07, 6.45) is 1.05. The van der Waals surface area contributed by atoms with Crippen LogP contribution in [0.25, 0.3) is 0 Å². The largest absolute Gasteiger partial charge is 0.340 e. The van der Waals surface area contributed by atoms with Crippen molar-refractivity contribution in [2.45, 2.75) is 29.5 Å². The first kappa shape index (κ1) is 14.9. The quantitative estimate of drug-likeness (QED) is 0.854. The fraction of sp³-hybridized carbons (Fsp3) is 0.500. The van der Waals surface area contributed by atoms with Crippen molar-refractivity contribution in [2.75, 3.05) is 20.1 Å². The SMILES string of the molecule is CC(Sc1ccc(Br)cc1)C(=O)N(C)C1CCNC1. The van der Waals surface area contributed by atoms with Gasteiger partial charge in [-0.05, 0) is 44.2 Å². The number of likely N-dealkylation sites (N-methyl/N-ethyl adjacent to an activating group) is 1. The van der Waals surface area contributed by atoms with E-state index in [9.17, 15) is 4.79 Å². The average molecular weight is 343 g/mol. The fourth-order valence-corrected chi connectivity index (χ4v) is 3.44. The average Bonchev–Trinajstić information content (AvgIpc) is 2.93. The summed E-state index contributed by atoms with van der Waals surface area (Å²) < 4.78 is 1.06. The highest BCUT2D eigenvalue weighted by molar-refractivity contribution is 9.10. The number of hydrogen-bond acceptors (Lipinski definition) is 3. The van der Waals surface area contributed by atoms with Gasteiger partial charge in [0.15, 0.2) is 0 Å². The molecule has 0 saturated carbocycles. The lowest BCUT2D eigenvalue weighted by Gasteiger charge is -2.26. The fourth-order valence-electron chi connectivity index (χ4n) is 2.20. The summed E-state index contributed by atoms with van der Waals surface area (Å²) in [6, 6.07) is 8.43. The number of thioether (sulfide) groups is 1. The lowest BCUT2D eigenvalue weighted by Crippen LogP contribution is -2.42. The van der Waals surface area contributed by atoms with Crippen molar-refractivity contribution in [3.63, 3.8) is 0 Å². The number of hydrogen-bond donors (Lipinski definition) is 1. The monoisotopic (exact) mass is 342 g/mol. The summed E-state index contributed by atoms with van der Waals surface area (Å²) in [7, 11) is 1.92. The second-order valence-corrected chi connectivity index (χ2v) is 7.14. The zero-order valence-corrected chi connectivity index (χ0v) is 13.6. The molecule has 2 atom stereocenters. The first-order chi connectivity index (χ1) is 9.08. The molecule has 19 heavy (non-hydrogen) atoms. The molecule has 3 nitrogen and oxygen atoms in total. The number of nitrogens with one attached hydrogen (secondary N) is 1. The van der Waals surface area contributed by atoms with Gasteiger partial charge in [0.05, 0.1) is 5.25 Å². The number of carbonyl (C=O) groups excluding carboxylic acids is 1. The van der Waals surface area contributed by atoms with E-state index in [1.54, 1.807) is 11.8 Å². The van der Waals surface area contributed by atoms with Crippen LogP contribution in [-0.2, 0) is 4.79 Å². The molecular formula is C14H19BrN2OS. The summed E-state index contributed by atoms with van der Waals surface area (Å²) in [5.74, 6) is 0.210. The van der Waals surface area contributed by atoms with Gasteiger partial charge in [0.2, 0.25) is 5.91 Å². The Morgan fingerprint density at radius 3 is 2.74 bits per heavy atom. The Bertz CT molecular complexity index is 432. The molecule has 1 saturated heterocycles. The molecule has 1 aromatic carbocycles. The maximum Gasteiger partial charge on any atom is 0.235 e. The van der Waals surface area contributed by atoms with Gasteiger partial charge in [-0.3, -0.25) is 4.79 Å². The van der Waals surface area contributed by atoms with Crippen LogP contribution in [-0.4, -0.2) is 42.2 Å². The van der Waals surface area contributed by atoms with Gasteiger partial charge in [0.1, 0.15) is 0 Å². The molecule has 2 unspecified atom stereocenters. The van der Waals surface area contributed by atoms with Crippen LogP contribution in [0.2, 0.25) is 0 Å². The zero-order chi connectivity index (χ0) is 13.8. The van der Waals surface area contributed by atoms with E-state index in [2.05, 4.69) is 21.2 Å². The van der Waals surface area contributed by atoms with Crippen LogP contribution in [0.3, 0.4) is 0 Å². The van der Waals surface area contributed by atoms with Crippen molar-refractivity contribution in [2.24, 2.45) is 0 Å². The van der Waals surface area contributed by atoms with Crippen molar-refractivity contribution in [1.29, 1.82) is 0 Å². The van der Waals surface area contributed by atoms with E-state index in [-0.39, 0.29) is 11.2 Å². The summed E-state index contributed by atoms with van der Waals surface area (Å²) >= 11 is 5.03. The Morgan fingerprint density at radius 1 is 1.47 bits per heavy atom. The van der Waals surface area contributed by atoms with E-state index in [0.717, 1.165) is 28.9 Å². The van der Waals surface area contributed by atoms with Crippen LogP contribution in [0.4, 0.5) is 0 Å². The van der Waals surface area contributed by atoms with Gasteiger partial charge in [0, 0.05) is 29.0 Å². The third-order valence-electron chi connectivity index (χ3n) is 3.40. The molecule has 1 aliphatic heterocycles. The third-order valence-corrected chi connectivity index (χ3v) is 5.03. The minimum Gasteiger partial charge on any atom is -0.340 e. The van der Waals surface area contributed by atoms with Gasteiger partial charge < -0.3 is 10.2 Å². The predicted octanol–water partition coefficient (Wildman–Crippen LogP) is 2.75. The minimum absolute atomic E-state index is 0.0493. The molecule has 1 aromatic rings. The van der Waals surface area contributed by atoms with Crippen LogP contribution >= 0.6 is 27.7 Å². The van der Waals surface area contributed by atoms with E-state index < -0.39 is 0 Å². The van der Waals surface area contributed by atoms with Crippen LogP contribution in [0, 0.1) is 0 Å². The first-order valence-electron chi connectivity index (χ1n) is 6.47. The third kappa shape index (κ3) is 3.97. The standard InChI is InChI=1S/C14H19BrN2OS/c1-10(19-13-5-3-11(15)4-6-13)14(18)17(2)12-7-8-16-9-12/h3-6,10,12,16H,7-9H2,1-2H3. The second-order valence-electron chi connectivity index (χ2n) is 4.81. The summed E-state index contributed by atoms with van der Waals surface area (Å²) in [5, 5.41) is 3.25. The first-order valence-corrected chi connectivity index (χ1v) is 8.15. The lowest BCUT2D eigenvalue weighted by atomic mass is 10.2. The van der Waals surface area contributed by atoms with Gasteiger partial charge in [-0.15, -0.1) is 11.8 Å². The predicted molar refractivity (Wildman–Crippen MR) is 83.5 cm³/mol. The van der Waals surface area contributed by atoms with Crippen molar-refractivity contribution < 1.29 is 4.79 Å². The molecular weight excluding hydrogens is 324 g/mol. The maximum absolute atomic E-state index is 12.4. The molecule has 0 aliphatic carbocycles. The smallest absolute Gasteiger partial charge is 0.235 e. The van der Waals surface area contributed by atoms with E-state index >= 15 is 0 Å². The zero-order valence-electron chi connectivity index (χ0n) is 11.2. The molecule has 1 amide bonds. The maximum atomic E-state index is 12.4. The summed E-state index contributed by atoms with van der Waals surface area (Å²) in [5.41, 5.74) is 0. The van der Waals surface area contributed by atoms with E-state index in [0.29, 0.717) is 6.04 Å². The molecule has 1 fully saturated rings. The number of benzene rings is 1. The van der Waals surface area contributed by atoms with Gasteiger partial charge >= 0.3 is 0 Å². The van der Waals surface area contributed by atoms with Gasteiger partial charge in [-0.25, -0.2) is 0 Å². The van der Waals surface area contributed by atoms with Gasteiger partial charge in [-0.1, -0.05) is 15.9 Å². The Balaban J connectivity index is 1.93. The molecule has 5 heteroatoms. The second kappa shape index (κ2) is 6.77. The van der Waals surface area contributed by atoms with Crippen molar-refractivity contribution >= 4 is 33.6 Å². The Labute approximate surface area is 127 Å².